The number of ether oxygens (including phenoxy) is 2. The molecule has 0 amide bonds. The molecule has 1 unspecified atom stereocenters. The lowest BCUT2D eigenvalue weighted by Gasteiger charge is -2.16. The minimum absolute atomic E-state index is 0.0349. The van der Waals surface area contributed by atoms with Crippen LogP contribution in [0.3, 0.4) is 0 Å². The quantitative estimate of drug-likeness (QED) is 0.438. The molecule has 108 valence electrons. The molecule has 6 heteroatoms. The summed E-state index contributed by atoms with van der Waals surface area (Å²) in [6.07, 6.45) is 0.374. The predicted molar refractivity (Wildman–Crippen MR) is 79.9 cm³/mol. The first kappa shape index (κ1) is 15.5. The molecule has 1 aromatic rings. The van der Waals surface area contributed by atoms with Crippen LogP contribution in [0.5, 0.6) is 0 Å². The molecule has 0 aromatic heterocycles. The van der Waals surface area contributed by atoms with Gasteiger partial charge in [0.2, 0.25) is 5.76 Å². The topological polar surface area (TPSA) is 35.5 Å². The van der Waals surface area contributed by atoms with E-state index in [9.17, 15) is 4.79 Å². The third-order valence-electron chi connectivity index (χ3n) is 3.30. The second-order valence-electron chi connectivity index (χ2n) is 4.63. The summed E-state index contributed by atoms with van der Waals surface area (Å²) in [5.74, 6) is -0.605. The Hall–Kier alpha value is -0.900. The van der Waals surface area contributed by atoms with Crippen molar-refractivity contribution < 1.29 is 14.3 Å². The summed E-state index contributed by atoms with van der Waals surface area (Å²) in [6, 6.07) is 3.88. The molecule has 0 saturated carbocycles. The molecule has 20 heavy (non-hydrogen) atoms. The van der Waals surface area contributed by atoms with Crippen LogP contribution in [0.2, 0.25) is 0 Å². The highest BCUT2D eigenvalue weighted by Gasteiger charge is 2.44. The maximum atomic E-state index is 11.7. The first-order valence-corrected chi connectivity index (χ1v) is 7.06. The summed E-state index contributed by atoms with van der Waals surface area (Å²) in [7, 11) is 0. The zero-order valence-electron chi connectivity index (χ0n) is 11.2. The van der Waals surface area contributed by atoms with E-state index in [-0.39, 0.29) is 5.76 Å². The van der Waals surface area contributed by atoms with Crippen molar-refractivity contribution in [2.75, 3.05) is 0 Å². The molecule has 1 atom stereocenters. The van der Waals surface area contributed by atoms with Gasteiger partial charge in [0.15, 0.2) is 0 Å². The predicted octanol–water partition coefficient (Wildman–Crippen LogP) is 4.22. The normalized spacial score (nSPS) is 21.0. The van der Waals surface area contributed by atoms with E-state index >= 15 is 0 Å². The van der Waals surface area contributed by atoms with E-state index in [4.69, 9.17) is 44.3 Å². The molecule has 1 saturated heterocycles. The highest BCUT2D eigenvalue weighted by Crippen LogP contribution is 2.38. The number of aryl methyl sites for hydroxylation is 1. The van der Waals surface area contributed by atoms with E-state index in [0.29, 0.717) is 0 Å². The van der Waals surface area contributed by atoms with Crippen molar-refractivity contribution in [3.63, 3.8) is 0 Å². The number of rotatable bonds is 1. The fourth-order valence-corrected chi connectivity index (χ4v) is 2.11. The Morgan fingerprint density at radius 1 is 1.10 bits per heavy atom. The van der Waals surface area contributed by atoms with Gasteiger partial charge < -0.3 is 9.47 Å². The van der Waals surface area contributed by atoms with Crippen LogP contribution >= 0.6 is 34.8 Å². The van der Waals surface area contributed by atoms with E-state index in [1.54, 1.807) is 6.08 Å². The Kier molecular flexibility index (Phi) is 4.24. The Labute approximate surface area is 132 Å². The van der Waals surface area contributed by atoms with Gasteiger partial charge in [0, 0.05) is 0 Å². The van der Waals surface area contributed by atoms with Crippen LogP contribution < -0.4 is 0 Å². The maximum Gasteiger partial charge on any atom is 0.377 e. The molecule has 1 heterocycles. The Morgan fingerprint density at radius 2 is 1.75 bits per heavy atom. The average molecular weight is 336 g/mol. The summed E-state index contributed by atoms with van der Waals surface area (Å²) in [4.78, 5) is 11.7. The van der Waals surface area contributed by atoms with Crippen molar-refractivity contribution in [3.05, 3.63) is 40.1 Å². The third-order valence-corrected chi connectivity index (χ3v) is 3.84. The summed E-state index contributed by atoms with van der Waals surface area (Å²) >= 11 is 17.0. The van der Waals surface area contributed by atoms with Gasteiger partial charge in [-0.1, -0.05) is 46.9 Å². The largest absolute Gasteiger partial charge is 0.443 e. The summed E-state index contributed by atoms with van der Waals surface area (Å²) in [5, 5.41) is 0. The highest BCUT2D eigenvalue weighted by atomic mass is 35.6. The van der Waals surface area contributed by atoms with Crippen molar-refractivity contribution in [2.45, 2.75) is 30.9 Å². The van der Waals surface area contributed by atoms with Crippen LogP contribution in [0, 0.1) is 20.8 Å². The van der Waals surface area contributed by atoms with Crippen molar-refractivity contribution in [1.29, 1.82) is 0 Å². The number of esters is 1. The Balaban J connectivity index is 2.33. The standard InChI is InChI=1S/C14H13Cl3O3/c1-7-4-5-10(9(3)8(7)2)6-11-12(18)20-13(19-11)14(15,16)17/h4-6,13H,1-3H3/b11-6+. The second kappa shape index (κ2) is 5.47. The van der Waals surface area contributed by atoms with E-state index in [1.807, 2.05) is 32.9 Å². The van der Waals surface area contributed by atoms with Crippen LogP contribution in [0.15, 0.2) is 17.9 Å². The summed E-state index contributed by atoms with van der Waals surface area (Å²) in [5.41, 5.74) is 4.26. The van der Waals surface area contributed by atoms with Gasteiger partial charge in [-0.25, -0.2) is 4.79 Å². The third kappa shape index (κ3) is 3.05. The molecule has 1 aromatic carbocycles. The molecule has 0 bridgehead atoms. The lowest BCUT2D eigenvalue weighted by atomic mass is 9.98. The molecule has 0 aliphatic carbocycles. The SMILES string of the molecule is Cc1ccc(/C=C2/OC(C(Cl)(Cl)Cl)OC2=O)c(C)c1C. The van der Waals surface area contributed by atoms with E-state index in [1.165, 1.54) is 5.56 Å². The number of carbonyl (C=O) groups excluding carboxylic acids is 1. The minimum Gasteiger partial charge on any atom is -0.443 e. The van der Waals surface area contributed by atoms with Gasteiger partial charge in [-0.15, -0.1) is 0 Å². The number of cyclic esters (lactones) is 1. The van der Waals surface area contributed by atoms with Gasteiger partial charge in [0.25, 0.3) is 10.1 Å². The molecule has 1 aliphatic heterocycles. The number of benzene rings is 1. The number of carbonyl (C=O) groups is 1. The van der Waals surface area contributed by atoms with Crippen molar-refractivity contribution in [2.24, 2.45) is 0 Å². The molecular weight excluding hydrogens is 323 g/mol. The van der Waals surface area contributed by atoms with E-state index in [0.717, 1.165) is 16.7 Å². The highest BCUT2D eigenvalue weighted by molar-refractivity contribution is 6.68. The lowest BCUT2D eigenvalue weighted by Crippen LogP contribution is -2.26. The Morgan fingerprint density at radius 3 is 2.30 bits per heavy atom. The van der Waals surface area contributed by atoms with Crippen LogP contribution in [-0.4, -0.2) is 16.1 Å². The Bertz CT molecular complexity index is 588. The smallest absolute Gasteiger partial charge is 0.377 e. The first-order chi connectivity index (χ1) is 9.20. The fraction of sp³-hybridized carbons (Fsp3) is 0.357. The molecule has 3 nitrogen and oxygen atoms in total. The van der Waals surface area contributed by atoms with Gasteiger partial charge in [0.1, 0.15) is 0 Å². The zero-order valence-corrected chi connectivity index (χ0v) is 13.4. The van der Waals surface area contributed by atoms with E-state index in [2.05, 4.69) is 0 Å². The minimum atomic E-state index is -1.82. The van der Waals surface area contributed by atoms with Crippen molar-refractivity contribution in [1.82, 2.24) is 0 Å². The van der Waals surface area contributed by atoms with Gasteiger partial charge >= 0.3 is 5.97 Å². The van der Waals surface area contributed by atoms with Gasteiger partial charge in [0.05, 0.1) is 0 Å². The van der Waals surface area contributed by atoms with Crippen LogP contribution in [0.25, 0.3) is 6.08 Å². The molecule has 1 fully saturated rings. The maximum absolute atomic E-state index is 11.7. The molecule has 0 radical (unpaired) electrons. The number of hydrogen-bond donors (Lipinski definition) is 0. The van der Waals surface area contributed by atoms with Crippen LogP contribution in [0.1, 0.15) is 22.3 Å². The monoisotopic (exact) mass is 334 g/mol. The van der Waals surface area contributed by atoms with Crippen LogP contribution in [-0.2, 0) is 14.3 Å². The van der Waals surface area contributed by atoms with Gasteiger partial charge in [-0.05, 0) is 49.1 Å². The van der Waals surface area contributed by atoms with Gasteiger partial charge in [-0.3, -0.25) is 0 Å². The zero-order chi connectivity index (χ0) is 15.1. The van der Waals surface area contributed by atoms with Crippen molar-refractivity contribution in [3.8, 4) is 0 Å². The molecule has 2 rings (SSSR count). The van der Waals surface area contributed by atoms with Crippen LogP contribution in [0.4, 0.5) is 0 Å². The number of alkyl halides is 3. The molecular formula is C14H13Cl3O3. The second-order valence-corrected chi connectivity index (χ2v) is 7.00. The number of halogens is 3. The lowest BCUT2D eigenvalue weighted by molar-refractivity contribution is -0.142. The van der Waals surface area contributed by atoms with Gasteiger partial charge in [-0.2, -0.15) is 0 Å². The summed E-state index contributed by atoms with van der Waals surface area (Å²) in [6.45, 7) is 6.02. The average Bonchev–Trinajstić information content (AvgIpc) is 2.72. The fourth-order valence-electron chi connectivity index (χ4n) is 1.84. The molecule has 0 N–H and O–H groups in total. The number of hydrogen-bond acceptors (Lipinski definition) is 3. The van der Waals surface area contributed by atoms with E-state index < -0.39 is 16.1 Å². The molecule has 0 spiro atoms. The first-order valence-electron chi connectivity index (χ1n) is 5.93. The van der Waals surface area contributed by atoms with Crippen molar-refractivity contribution >= 4 is 46.8 Å². The summed E-state index contributed by atoms with van der Waals surface area (Å²) < 4.78 is 8.32. The molecule has 1 aliphatic rings.